The summed E-state index contributed by atoms with van der Waals surface area (Å²) >= 11 is 1.23. The van der Waals surface area contributed by atoms with Gasteiger partial charge in [0, 0.05) is 22.2 Å². The monoisotopic (exact) mass is 411 g/mol. The van der Waals surface area contributed by atoms with E-state index < -0.39 is 23.7 Å². The van der Waals surface area contributed by atoms with E-state index in [1.165, 1.54) is 23.5 Å². The van der Waals surface area contributed by atoms with Crippen LogP contribution >= 0.6 is 11.3 Å². The van der Waals surface area contributed by atoms with Crippen molar-refractivity contribution in [2.75, 3.05) is 0 Å². The highest BCUT2D eigenvalue weighted by Gasteiger charge is 2.31. The molecule has 1 N–H and O–H groups in total. The van der Waals surface area contributed by atoms with Gasteiger partial charge in [-0.2, -0.15) is 18.2 Å². The standard InChI is InChI=1S/C19H20F3N3O2S/c1-10-12(3)28-18(25(10)11(2)16(26)23-15-7-8-15)24-17(27)13-5-4-6-14(9-13)19(20,21)22/h4-6,9,11,15H,7-8H2,1-3H3,(H,23,26). The Balaban J connectivity index is 1.97. The number of hydrogen-bond acceptors (Lipinski definition) is 3. The fourth-order valence-corrected chi connectivity index (χ4v) is 3.79. The Hall–Kier alpha value is -2.42. The fourth-order valence-electron chi connectivity index (χ4n) is 2.75. The molecular formula is C19H20F3N3O2S. The van der Waals surface area contributed by atoms with Crippen LogP contribution in [-0.4, -0.2) is 22.4 Å². The maximum atomic E-state index is 12.9. The molecule has 0 spiro atoms. The number of benzene rings is 1. The molecule has 1 fully saturated rings. The number of alkyl halides is 3. The van der Waals surface area contributed by atoms with Gasteiger partial charge in [0.1, 0.15) is 6.04 Å². The first-order valence-electron chi connectivity index (χ1n) is 8.83. The van der Waals surface area contributed by atoms with Crippen LogP contribution < -0.4 is 10.1 Å². The van der Waals surface area contributed by atoms with E-state index >= 15 is 0 Å². The van der Waals surface area contributed by atoms with Gasteiger partial charge in [-0.25, -0.2) is 0 Å². The minimum absolute atomic E-state index is 0.153. The quantitative estimate of drug-likeness (QED) is 0.833. The van der Waals surface area contributed by atoms with Crippen molar-refractivity contribution in [3.05, 3.63) is 50.8 Å². The van der Waals surface area contributed by atoms with E-state index in [1.54, 1.807) is 11.5 Å². The maximum absolute atomic E-state index is 12.9. The summed E-state index contributed by atoms with van der Waals surface area (Å²) in [7, 11) is 0. The number of nitrogens with zero attached hydrogens (tertiary/aromatic N) is 2. The summed E-state index contributed by atoms with van der Waals surface area (Å²) in [5.41, 5.74) is -0.267. The average Bonchev–Trinajstić information content (AvgIpc) is 3.39. The number of rotatable bonds is 4. The summed E-state index contributed by atoms with van der Waals surface area (Å²) < 4.78 is 40.3. The zero-order valence-corrected chi connectivity index (χ0v) is 16.4. The van der Waals surface area contributed by atoms with Crippen molar-refractivity contribution in [3.63, 3.8) is 0 Å². The van der Waals surface area contributed by atoms with Gasteiger partial charge in [0.25, 0.3) is 5.91 Å². The summed E-state index contributed by atoms with van der Waals surface area (Å²) in [5, 5.41) is 2.92. The van der Waals surface area contributed by atoms with Gasteiger partial charge >= 0.3 is 6.18 Å². The number of aromatic nitrogens is 1. The van der Waals surface area contributed by atoms with E-state index in [-0.39, 0.29) is 22.3 Å². The second-order valence-electron chi connectivity index (χ2n) is 6.85. The molecule has 1 aliphatic carbocycles. The SMILES string of the molecule is Cc1sc(=NC(=O)c2cccc(C(F)(F)F)c2)n(C(C)C(=O)NC2CC2)c1C. The van der Waals surface area contributed by atoms with E-state index in [0.29, 0.717) is 0 Å². The second kappa shape index (κ2) is 7.54. The third-order valence-electron chi connectivity index (χ3n) is 4.65. The molecule has 0 bridgehead atoms. The van der Waals surface area contributed by atoms with Gasteiger partial charge in [0.2, 0.25) is 5.91 Å². The smallest absolute Gasteiger partial charge is 0.352 e. The lowest BCUT2D eigenvalue weighted by molar-refractivity contribution is -0.137. The molecule has 1 heterocycles. The van der Waals surface area contributed by atoms with E-state index in [1.807, 2.05) is 13.8 Å². The van der Waals surface area contributed by atoms with Gasteiger partial charge < -0.3 is 9.88 Å². The summed E-state index contributed by atoms with van der Waals surface area (Å²) in [5.74, 6) is -0.952. The Morgan fingerprint density at radius 1 is 1.29 bits per heavy atom. The molecule has 0 radical (unpaired) electrons. The fraction of sp³-hybridized carbons (Fsp3) is 0.421. The van der Waals surface area contributed by atoms with Crippen LogP contribution in [0.3, 0.4) is 0 Å². The highest BCUT2D eigenvalue weighted by molar-refractivity contribution is 7.09. The molecule has 1 saturated carbocycles. The second-order valence-corrected chi connectivity index (χ2v) is 8.03. The Morgan fingerprint density at radius 2 is 1.96 bits per heavy atom. The number of halogens is 3. The molecule has 2 aromatic rings. The lowest BCUT2D eigenvalue weighted by Crippen LogP contribution is -2.36. The highest BCUT2D eigenvalue weighted by atomic mass is 32.1. The molecular weight excluding hydrogens is 391 g/mol. The van der Waals surface area contributed by atoms with Crippen molar-refractivity contribution >= 4 is 23.2 Å². The first kappa shape index (κ1) is 20.3. The first-order valence-corrected chi connectivity index (χ1v) is 9.65. The number of thiazole rings is 1. The Morgan fingerprint density at radius 3 is 2.57 bits per heavy atom. The van der Waals surface area contributed by atoms with Crippen LogP contribution in [-0.2, 0) is 11.0 Å². The van der Waals surface area contributed by atoms with E-state index in [4.69, 9.17) is 0 Å². The van der Waals surface area contributed by atoms with Crippen LogP contribution in [0, 0.1) is 13.8 Å². The predicted octanol–water partition coefficient (Wildman–Crippen LogP) is 3.77. The maximum Gasteiger partial charge on any atom is 0.416 e. The molecule has 3 rings (SSSR count). The van der Waals surface area contributed by atoms with E-state index in [9.17, 15) is 22.8 Å². The highest BCUT2D eigenvalue weighted by Crippen LogP contribution is 2.29. The minimum atomic E-state index is -4.54. The number of hydrogen-bond donors (Lipinski definition) is 1. The number of nitrogens with one attached hydrogen (secondary N) is 1. The summed E-state index contributed by atoms with van der Waals surface area (Å²) in [6, 6.07) is 3.77. The number of aryl methyl sites for hydroxylation is 1. The molecule has 1 aromatic carbocycles. The third-order valence-corrected chi connectivity index (χ3v) is 5.72. The number of carbonyl (C=O) groups excluding carboxylic acids is 2. The summed E-state index contributed by atoms with van der Waals surface area (Å²) in [6.07, 6.45) is -2.63. The van der Waals surface area contributed by atoms with Crippen LogP contribution in [0.15, 0.2) is 29.3 Å². The van der Waals surface area contributed by atoms with Crippen LogP contribution in [0.2, 0.25) is 0 Å². The molecule has 1 unspecified atom stereocenters. The molecule has 1 aromatic heterocycles. The largest absolute Gasteiger partial charge is 0.416 e. The van der Waals surface area contributed by atoms with Gasteiger partial charge in [-0.05, 0) is 51.8 Å². The van der Waals surface area contributed by atoms with Crippen LogP contribution in [0.25, 0.3) is 0 Å². The van der Waals surface area contributed by atoms with Crippen LogP contribution in [0.5, 0.6) is 0 Å². The number of carbonyl (C=O) groups is 2. The molecule has 9 heteroatoms. The van der Waals surface area contributed by atoms with Gasteiger partial charge in [-0.1, -0.05) is 6.07 Å². The number of amides is 2. The average molecular weight is 411 g/mol. The molecule has 0 aliphatic heterocycles. The summed E-state index contributed by atoms with van der Waals surface area (Å²) in [4.78, 5) is 30.1. The zero-order valence-electron chi connectivity index (χ0n) is 15.6. The lowest BCUT2D eigenvalue weighted by atomic mass is 10.1. The van der Waals surface area contributed by atoms with Crippen molar-refractivity contribution < 1.29 is 22.8 Å². The zero-order chi connectivity index (χ0) is 20.6. The van der Waals surface area contributed by atoms with Crippen LogP contribution in [0.1, 0.15) is 52.3 Å². The predicted molar refractivity (Wildman–Crippen MR) is 99.0 cm³/mol. The molecule has 150 valence electrons. The van der Waals surface area contributed by atoms with Crippen molar-refractivity contribution in [2.45, 2.75) is 51.9 Å². The molecule has 28 heavy (non-hydrogen) atoms. The van der Waals surface area contributed by atoms with E-state index in [2.05, 4.69) is 10.3 Å². The minimum Gasteiger partial charge on any atom is -0.352 e. The van der Waals surface area contributed by atoms with Gasteiger partial charge in [0.15, 0.2) is 4.80 Å². The van der Waals surface area contributed by atoms with Gasteiger partial charge in [-0.15, -0.1) is 11.3 Å². The topological polar surface area (TPSA) is 63.5 Å². The van der Waals surface area contributed by atoms with Gasteiger partial charge in [-0.3, -0.25) is 9.59 Å². The van der Waals surface area contributed by atoms with Crippen LogP contribution in [0.4, 0.5) is 13.2 Å². The molecule has 0 saturated heterocycles. The van der Waals surface area contributed by atoms with Gasteiger partial charge in [0.05, 0.1) is 5.56 Å². The van der Waals surface area contributed by atoms with Crippen molar-refractivity contribution in [1.82, 2.24) is 9.88 Å². The molecule has 5 nitrogen and oxygen atoms in total. The Bertz CT molecular complexity index is 987. The first-order chi connectivity index (χ1) is 13.1. The molecule has 2 amide bonds. The van der Waals surface area contributed by atoms with Crippen molar-refractivity contribution in [1.29, 1.82) is 0 Å². The molecule has 1 aliphatic rings. The van der Waals surface area contributed by atoms with Crippen molar-refractivity contribution in [3.8, 4) is 0 Å². The van der Waals surface area contributed by atoms with E-state index in [0.717, 1.165) is 35.5 Å². The Labute approximate surface area is 163 Å². The van der Waals surface area contributed by atoms with Crippen molar-refractivity contribution in [2.24, 2.45) is 4.99 Å². The third kappa shape index (κ3) is 4.35. The summed E-state index contributed by atoms with van der Waals surface area (Å²) in [6.45, 7) is 5.38. The normalized spacial score (nSPS) is 16.1. The molecule has 1 atom stereocenters. The Kier molecular flexibility index (Phi) is 5.47. The lowest BCUT2D eigenvalue weighted by Gasteiger charge is -2.15.